The Hall–Kier alpha value is -2.02. The van der Waals surface area contributed by atoms with Crippen LogP contribution in [0.3, 0.4) is 0 Å². The van der Waals surface area contributed by atoms with Crippen LogP contribution in [0.15, 0.2) is 61.2 Å². The quantitative estimate of drug-likeness (QED) is 0.368. The van der Waals surface area contributed by atoms with Crippen LogP contribution < -0.4 is 0 Å². The summed E-state index contributed by atoms with van der Waals surface area (Å²) in [6.45, 7) is 0.712. The zero-order valence-corrected chi connectivity index (χ0v) is 15.9. The molecule has 0 radical (unpaired) electrons. The highest BCUT2D eigenvalue weighted by molar-refractivity contribution is 7.98. The highest BCUT2D eigenvalue weighted by Crippen LogP contribution is 2.35. The summed E-state index contributed by atoms with van der Waals surface area (Å²) in [4.78, 5) is 14.6. The zero-order valence-electron chi connectivity index (χ0n) is 13.6. The summed E-state index contributed by atoms with van der Waals surface area (Å²) < 4.78 is 1.99. The number of aromatic nitrogens is 2. The Morgan fingerprint density at radius 1 is 1.15 bits per heavy atom. The molecule has 0 aliphatic rings. The number of benzene rings is 2. The van der Waals surface area contributed by atoms with Gasteiger partial charge in [-0.15, -0.1) is 11.8 Å². The van der Waals surface area contributed by atoms with Crippen LogP contribution >= 0.6 is 35.0 Å². The minimum Gasteiger partial charge on any atom is -0.336 e. The average molecular weight is 408 g/mol. The number of rotatable bonds is 7. The first-order valence-electron chi connectivity index (χ1n) is 7.78. The monoisotopic (exact) mass is 407 g/mol. The number of thioether (sulfide) groups is 1. The van der Waals surface area contributed by atoms with Crippen molar-refractivity contribution in [1.29, 1.82) is 0 Å². The van der Waals surface area contributed by atoms with Crippen LogP contribution in [-0.4, -0.2) is 14.5 Å². The molecule has 0 N–H and O–H groups in total. The van der Waals surface area contributed by atoms with Crippen molar-refractivity contribution < 1.29 is 4.92 Å². The third-order valence-electron chi connectivity index (χ3n) is 3.85. The van der Waals surface area contributed by atoms with E-state index in [9.17, 15) is 10.1 Å². The Kier molecular flexibility index (Phi) is 6.19. The Labute approximate surface area is 165 Å². The van der Waals surface area contributed by atoms with E-state index in [-0.39, 0.29) is 10.9 Å². The van der Waals surface area contributed by atoms with Crippen molar-refractivity contribution in [3.05, 3.63) is 92.5 Å². The molecule has 1 unspecified atom stereocenters. The molecule has 8 heteroatoms. The fourth-order valence-electron chi connectivity index (χ4n) is 2.48. The Morgan fingerprint density at radius 2 is 1.92 bits per heavy atom. The largest absolute Gasteiger partial charge is 0.336 e. The van der Waals surface area contributed by atoms with Gasteiger partial charge in [0.15, 0.2) is 0 Å². The van der Waals surface area contributed by atoms with Gasteiger partial charge >= 0.3 is 0 Å². The summed E-state index contributed by atoms with van der Waals surface area (Å²) in [7, 11) is 0. The topological polar surface area (TPSA) is 61.0 Å². The molecule has 2 aromatic carbocycles. The lowest BCUT2D eigenvalue weighted by Gasteiger charge is -2.18. The van der Waals surface area contributed by atoms with E-state index in [4.69, 9.17) is 23.2 Å². The minimum absolute atomic E-state index is 0.0876. The Bertz CT molecular complexity index is 886. The minimum atomic E-state index is -0.391. The van der Waals surface area contributed by atoms with Crippen LogP contribution in [0.4, 0.5) is 5.69 Å². The van der Waals surface area contributed by atoms with Crippen molar-refractivity contribution in [2.24, 2.45) is 0 Å². The Balaban J connectivity index is 1.78. The molecule has 0 saturated carbocycles. The second-order valence-electron chi connectivity index (χ2n) is 5.66. The van der Waals surface area contributed by atoms with E-state index in [1.54, 1.807) is 30.4 Å². The smallest absolute Gasteiger partial charge is 0.269 e. The summed E-state index contributed by atoms with van der Waals surface area (Å²) in [5.74, 6) is 0.743. The molecule has 1 aromatic heterocycles. The normalized spacial score (nSPS) is 12.1. The zero-order chi connectivity index (χ0) is 18.5. The molecule has 0 bridgehead atoms. The lowest BCUT2D eigenvalue weighted by atomic mass is 10.1. The van der Waals surface area contributed by atoms with E-state index in [0.29, 0.717) is 16.6 Å². The molecular weight excluding hydrogens is 393 g/mol. The van der Waals surface area contributed by atoms with Gasteiger partial charge in [0.1, 0.15) is 0 Å². The van der Waals surface area contributed by atoms with Crippen molar-refractivity contribution in [1.82, 2.24) is 9.55 Å². The van der Waals surface area contributed by atoms with Gasteiger partial charge in [0.05, 0.1) is 21.3 Å². The molecule has 5 nitrogen and oxygen atoms in total. The SMILES string of the molecule is O=[N+]([O-])c1ccc(C(Cn2ccnc2)SCc2ccc(Cl)c(Cl)c2)cc1. The van der Waals surface area contributed by atoms with Crippen molar-refractivity contribution in [3.63, 3.8) is 0 Å². The molecule has 3 aromatic rings. The molecule has 0 fully saturated rings. The van der Waals surface area contributed by atoms with Gasteiger partial charge in [-0.1, -0.05) is 41.4 Å². The van der Waals surface area contributed by atoms with Crippen molar-refractivity contribution in [2.75, 3.05) is 0 Å². The maximum atomic E-state index is 10.9. The summed E-state index contributed by atoms with van der Waals surface area (Å²) in [6.07, 6.45) is 5.40. The maximum Gasteiger partial charge on any atom is 0.269 e. The van der Waals surface area contributed by atoms with Gasteiger partial charge in [-0.3, -0.25) is 10.1 Å². The van der Waals surface area contributed by atoms with Crippen molar-refractivity contribution in [2.45, 2.75) is 17.5 Å². The fraction of sp³-hybridized carbons (Fsp3) is 0.167. The van der Waals surface area contributed by atoms with Crippen LogP contribution in [0.5, 0.6) is 0 Å². The van der Waals surface area contributed by atoms with Crippen LogP contribution in [0.2, 0.25) is 10.0 Å². The number of nitro benzene ring substituents is 1. The third kappa shape index (κ3) is 4.78. The second-order valence-corrected chi connectivity index (χ2v) is 7.66. The van der Waals surface area contributed by atoms with Gasteiger partial charge in [-0.2, -0.15) is 0 Å². The van der Waals surface area contributed by atoms with Crippen molar-refractivity contribution in [3.8, 4) is 0 Å². The number of imidazole rings is 1. The van der Waals surface area contributed by atoms with E-state index in [1.165, 1.54) is 12.1 Å². The lowest BCUT2D eigenvalue weighted by molar-refractivity contribution is -0.384. The number of halogens is 2. The number of non-ortho nitro benzene ring substituents is 1. The maximum absolute atomic E-state index is 10.9. The first-order chi connectivity index (χ1) is 12.5. The van der Waals surface area contributed by atoms with Crippen LogP contribution in [0, 0.1) is 10.1 Å². The average Bonchev–Trinajstić information content (AvgIpc) is 3.14. The number of hydrogen-bond donors (Lipinski definition) is 0. The molecule has 0 spiro atoms. The number of nitrogens with zero attached hydrogens (tertiary/aromatic N) is 3. The van der Waals surface area contributed by atoms with Gasteiger partial charge < -0.3 is 4.57 Å². The molecule has 1 heterocycles. The predicted molar refractivity (Wildman–Crippen MR) is 106 cm³/mol. The summed E-state index contributed by atoms with van der Waals surface area (Å²) in [5, 5.41) is 12.1. The molecule has 26 heavy (non-hydrogen) atoms. The van der Waals surface area contributed by atoms with E-state index < -0.39 is 4.92 Å². The van der Waals surface area contributed by atoms with Gasteiger partial charge in [0.25, 0.3) is 5.69 Å². The van der Waals surface area contributed by atoms with E-state index in [0.717, 1.165) is 16.9 Å². The highest BCUT2D eigenvalue weighted by Gasteiger charge is 2.15. The number of hydrogen-bond acceptors (Lipinski definition) is 4. The fourth-order valence-corrected chi connectivity index (χ4v) is 4.00. The summed E-state index contributed by atoms with van der Waals surface area (Å²) in [5.41, 5.74) is 2.18. The molecule has 0 aliphatic heterocycles. The summed E-state index contributed by atoms with van der Waals surface area (Å²) in [6, 6.07) is 12.3. The van der Waals surface area contributed by atoms with Gasteiger partial charge in [0.2, 0.25) is 0 Å². The Morgan fingerprint density at radius 3 is 2.54 bits per heavy atom. The molecule has 0 amide bonds. The molecule has 1 atom stereocenters. The first kappa shape index (κ1) is 18.8. The molecular formula is C18H15Cl2N3O2S. The highest BCUT2D eigenvalue weighted by atomic mass is 35.5. The van der Waals surface area contributed by atoms with E-state index in [1.807, 2.05) is 35.0 Å². The van der Waals surface area contributed by atoms with Crippen molar-refractivity contribution >= 4 is 40.7 Å². The third-order valence-corrected chi connectivity index (χ3v) is 5.91. The van der Waals surface area contributed by atoms with Gasteiger partial charge in [0, 0.05) is 42.1 Å². The van der Waals surface area contributed by atoms with Gasteiger partial charge in [-0.25, -0.2) is 4.98 Å². The van der Waals surface area contributed by atoms with E-state index >= 15 is 0 Å². The van der Waals surface area contributed by atoms with E-state index in [2.05, 4.69) is 4.98 Å². The molecule has 3 rings (SSSR count). The van der Waals surface area contributed by atoms with Gasteiger partial charge in [-0.05, 0) is 23.3 Å². The predicted octanol–water partition coefficient (Wildman–Crippen LogP) is 5.77. The number of nitro groups is 1. The second kappa shape index (κ2) is 8.58. The first-order valence-corrected chi connectivity index (χ1v) is 9.59. The molecule has 134 valence electrons. The summed E-state index contributed by atoms with van der Waals surface area (Å²) >= 11 is 13.8. The van der Waals surface area contributed by atoms with Crippen LogP contribution in [0.1, 0.15) is 16.4 Å². The lowest BCUT2D eigenvalue weighted by Crippen LogP contribution is -2.05. The molecule has 0 saturated heterocycles. The molecule has 0 aliphatic carbocycles. The van der Waals surface area contributed by atoms with Crippen LogP contribution in [0.25, 0.3) is 0 Å². The standard InChI is InChI=1S/C18H15Cl2N3O2S/c19-16-6-1-13(9-17(16)20)11-26-18(10-22-8-7-21-12-22)14-2-4-15(5-3-14)23(24)25/h1-9,12,18H,10-11H2. The van der Waals surface area contributed by atoms with Crippen LogP contribution in [-0.2, 0) is 12.3 Å².